The van der Waals surface area contributed by atoms with E-state index in [9.17, 15) is 4.79 Å². The van der Waals surface area contributed by atoms with Crippen molar-refractivity contribution in [1.82, 2.24) is 4.90 Å². The number of nitrogens with two attached hydrogens (primary N) is 1. The predicted octanol–water partition coefficient (Wildman–Crippen LogP) is 0.520. The van der Waals surface area contributed by atoms with Crippen molar-refractivity contribution < 1.29 is 9.90 Å². The number of nitrogens with zero attached hydrogens (tertiary/aromatic N) is 1. The average molecular weight is 200 g/mol. The molecule has 0 aromatic carbocycles. The van der Waals surface area contributed by atoms with Gasteiger partial charge in [-0.25, -0.2) is 0 Å². The maximum absolute atomic E-state index is 9.37. The van der Waals surface area contributed by atoms with Gasteiger partial charge in [0.05, 0.1) is 0 Å². The maximum atomic E-state index is 9.37. The molecule has 1 atom stereocenters. The highest BCUT2D eigenvalue weighted by Crippen LogP contribution is 2.25. The second-order valence-corrected chi connectivity index (χ2v) is 4.05. The Balaban J connectivity index is 0.000000171. The summed E-state index contributed by atoms with van der Waals surface area (Å²) >= 11 is 0. The Bertz CT molecular complexity index is 189. The summed E-state index contributed by atoms with van der Waals surface area (Å²) in [5, 5.41) is 7.72. The first-order valence-corrected chi connectivity index (χ1v) is 5.33. The SMILES string of the molecule is CCC(=O)O.NC1CN2CCC1CC2. The first kappa shape index (κ1) is 11.5. The van der Waals surface area contributed by atoms with Crippen molar-refractivity contribution in [3.63, 3.8) is 0 Å². The van der Waals surface area contributed by atoms with Gasteiger partial charge in [-0.2, -0.15) is 0 Å². The van der Waals surface area contributed by atoms with Crippen molar-refractivity contribution in [3.05, 3.63) is 0 Å². The monoisotopic (exact) mass is 200 g/mol. The van der Waals surface area contributed by atoms with Crippen LogP contribution >= 0.6 is 0 Å². The minimum absolute atomic E-state index is 0.222. The van der Waals surface area contributed by atoms with Crippen LogP contribution in [0.3, 0.4) is 0 Å². The van der Waals surface area contributed by atoms with Crippen molar-refractivity contribution in [2.45, 2.75) is 32.2 Å². The Kier molecular flexibility index (Phi) is 4.35. The molecule has 1 unspecified atom stereocenters. The summed E-state index contributed by atoms with van der Waals surface area (Å²) in [7, 11) is 0. The molecule has 0 aromatic rings. The number of piperidine rings is 3. The minimum Gasteiger partial charge on any atom is -0.481 e. The molecule has 4 heteroatoms. The van der Waals surface area contributed by atoms with Gasteiger partial charge in [-0.1, -0.05) is 6.92 Å². The zero-order chi connectivity index (χ0) is 10.6. The lowest BCUT2D eigenvalue weighted by atomic mass is 9.85. The van der Waals surface area contributed by atoms with E-state index in [2.05, 4.69) is 4.90 Å². The van der Waals surface area contributed by atoms with Crippen LogP contribution in [0.4, 0.5) is 0 Å². The lowest BCUT2D eigenvalue weighted by Gasteiger charge is -2.43. The average Bonchev–Trinajstić information content (AvgIpc) is 2.20. The van der Waals surface area contributed by atoms with E-state index in [1.165, 1.54) is 25.9 Å². The molecule has 0 saturated carbocycles. The predicted molar refractivity (Wildman–Crippen MR) is 55.1 cm³/mol. The second-order valence-electron chi connectivity index (χ2n) is 4.05. The van der Waals surface area contributed by atoms with Crippen LogP contribution in [-0.4, -0.2) is 41.7 Å². The van der Waals surface area contributed by atoms with Gasteiger partial charge in [-0.15, -0.1) is 0 Å². The summed E-state index contributed by atoms with van der Waals surface area (Å²) in [6.45, 7) is 5.36. The largest absolute Gasteiger partial charge is 0.481 e. The van der Waals surface area contributed by atoms with Crippen molar-refractivity contribution in [3.8, 4) is 0 Å². The molecule has 3 aliphatic rings. The molecule has 0 amide bonds. The molecule has 82 valence electrons. The zero-order valence-electron chi connectivity index (χ0n) is 8.78. The van der Waals surface area contributed by atoms with Crippen LogP contribution in [0, 0.1) is 5.92 Å². The van der Waals surface area contributed by atoms with Crippen LogP contribution in [0.25, 0.3) is 0 Å². The Morgan fingerprint density at radius 3 is 2.14 bits per heavy atom. The maximum Gasteiger partial charge on any atom is 0.303 e. The first-order valence-electron chi connectivity index (χ1n) is 5.33. The Hall–Kier alpha value is -0.610. The van der Waals surface area contributed by atoms with E-state index in [0.29, 0.717) is 6.04 Å². The molecular weight excluding hydrogens is 180 g/mol. The first-order chi connectivity index (χ1) is 6.63. The standard InChI is InChI=1S/C7H14N2.C3H6O2/c8-7-5-9-3-1-6(7)2-4-9;1-2-3(4)5/h6-7H,1-5,8H2;2H2,1H3,(H,4,5). The summed E-state index contributed by atoms with van der Waals surface area (Å²) in [5.74, 6) is 0.111. The Morgan fingerprint density at radius 1 is 1.50 bits per heavy atom. The van der Waals surface area contributed by atoms with Gasteiger partial charge >= 0.3 is 5.97 Å². The van der Waals surface area contributed by atoms with Gasteiger partial charge in [0.15, 0.2) is 0 Å². The highest BCUT2D eigenvalue weighted by molar-refractivity contribution is 5.66. The molecular formula is C10H20N2O2. The van der Waals surface area contributed by atoms with Crippen LogP contribution < -0.4 is 5.73 Å². The fraction of sp³-hybridized carbons (Fsp3) is 0.900. The number of carbonyl (C=O) groups is 1. The second kappa shape index (κ2) is 5.32. The molecule has 0 radical (unpaired) electrons. The smallest absolute Gasteiger partial charge is 0.303 e. The summed E-state index contributed by atoms with van der Waals surface area (Å²) in [4.78, 5) is 11.8. The molecule has 2 bridgehead atoms. The molecule has 3 saturated heterocycles. The van der Waals surface area contributed by atoms with Crippen molar-refractivity contribution in [2.75, 3.05) is 19.6 Å². The van der Waals surface area contributed by atoms with Gasteiger partial charge in [-0.3, -0.25) is 4.79 Å². The molecule has 3 aliphatic heterocycles. The number of carboxylic acid groups (broad SMARTS) is 1. The fourth-order valence-electron chi connectivity index (χ4n) is 2.01. The number of fused-ring (bicyclic) bond motifs is 3. The zero-order valence-corrected chi connectivity index (χ0v) is 8.78. The summed E-state index contributed by atoms with van der Waals surface area (Å²) in [5.41, 5.74) is 5.88. The van der Waals surface area contributed by atoms with Gasteiger partial charge in [0.2, 0.25) is 0 Å². The lowest BCUT2D eigenvalue weighted by molar-refractivity contribution is -0.136. The summed E-state index contributed by atoms with van der Waals surface area (Å²) in [6, 6.07) is 0.493. The number of rotatable bonds is 1. The number of hydrogen-bond donors (Lipinski definition) is 2. The third-order valence-electron chi connectivity index (χ3n) is 3.01. The van der Waals surface area contributed by atoms with Gasteiger partial charge < -0.3 is 15.7 Å². The molecule has 3 N–H and O–H groups in total. The van der Waals surface area contributed by atoms with Crippen LogP contribution in [-0.2, 0) is 4.79 Å². The van der Waals surface area contributed by atoms with E-state index in [4.69, 9.17) is 10.8 Å². The van der Waals surface area contributed by atoms with Gasteiger partial charge in [0.1, 0.15) is 0 Å². The van der Waals surface area contributed by atoms with E-state index < -0.39 is 5.97 Å². The van der Waals surface area contributed by atoms with Crippen LogP contribution in [0.15, 0.2) is 0 Å². The third-order valence-corrected chi connectivity index (χ3v) is 3.01. The van der Waals surface area contributed by atoms with E-state index in [1.54, 1.807) is 6.92 Å². The highest BCUT2D eigenvalue weighted by atomic mass is 16.4. The molecule has 3 heterocycles. The number of aliphatic carboxylic acids is 1. The van der Waals surface area contributed by atoms with E-state index in [0.717, 1.165) is 12.5 Å². The molecule has 3 fully saturated rings. The molecule has 3 rings (SSSR count). The topological polar surface area (TPSA) is 66.6 Å². The third kappa shape index (κ3) is 3.27. The van der Waals surface area contributed by atoms with Gasteiger partial charge in [-0.05, 0) is 31.8 Å². The van der Waals surface area contributed by atoms with Crippen LogP contribution in [0.2, 0.25) is 0 Å². The molecule has 0 aliphatic carbocycles. The summed E-state index contributed by atoms with van der Waals surface area (Å²) < 4.78 is 0. The van der Waals surface area contributed by atoms with E-state index in [1.807, 2.05) is 0 Å². The van der Waals surface area contributed by atoms with Gasteiger partial charge in [0.25, 0.3) is 0 Å². The molecule has 0 spiro atoms. The van der Waals surface area contributed by atoms with Crippen molar-refractivity contribution in [2.24, 2.45) is 11.7 Å². The van der Waals surface area contributed by atoms with Gasteiger partial charge in [0, 0.05) is 19.0 Å². The normalized spacial score (nSPS) is 34.6. The fourth-order valence-corrected chi connectivity index (χ4v) is 2.01. The lowest BCUT2D eigenvalue weighted by Crippen LogP contribution is -2.54. The van der Waals surface area contributed by atoms with Crippen molar-refractivity contribution >= 4 is 5.97 Å². The van der Waals surface area contributed by atoms with E-state index in [-0.39, 0.29) is 6.42 Å². The molecule has 0 aromatic heterocycles. The molecule has 14 heavy (non-hydrogen) atoms. The molecule has 4 nitrogen and oxygen atoms in total. The van der Waals surface area contributed by atoms with Crippen LogP contribution in [0.1, 0.15) is 26.2 Å². The number of hydrogen-bond acceptors (Lipinski definition) is 3. The number of carboxylic acids is 1. The van der Waals surface area contributed by atoms with E-state index >= 15 is 0 Å². The van der Waals surface area contributed by atoms with Crippen LogP contribution in [0.5, 0.6) is 0 Å². The Morgan fingerprint density at radius 2 is 2.00 bits per heavy atom. The quantitative estimate of drug-likeness (QED) is 0.647. The highest BCUT2D eigenvalue weighted by Gasteiger charge is 2.31. The minimum atomic E-state index is -0.745. The Labute approximate surface area is 85.1 Å². The van der Waals surface area contributed by atoms with Crippen molar-refractivity contribution in [1.29, 1.82) is 0 Å². The summed E-state index contributed by atoms with van der Waals surface area (Å²) in [6.07, 6.45) is 2.92.